The van der Waals surface area contributed by atoms with E-state index in [0.29, 0.717) is 12.8 Å². The highest BCUT2D eigenvalue weighted by molar-refractivity contribution is 7.89. The van der Waals surface area contributed by atoms with Crippen LogP contribution in [0.2, 0.25) is 5.02 Å². The van der Waals surface area contributed by atoms with Crippen molar-refractivity contribution in [1.82, 2.24) is 4.72 Å². The maximum Gasteiger partial charge on any atom is 0.242 e. The van der Waals surface area contributed by atoms with Crippen LogP contribution >= 0.6 is 11.6 Å². The van der Waals surface area contributed by atoms with E-state index in [2.05, 4.69) is 9.88 Å². The van der Waals surface area contributed by atoms with Crippen molar-refractivity contribution in [3.63, 3.8) is 0 Å². The Labute approximate surface area is 121 Å². The third-order valence-electron chi connectivity index (χ3n) is 2.53. The predicted molar refractivity (Wildman–Crippen MR) is 73.8 cm³/mol. The quantitative estimate of drug-likeness (QED) is 0.320. The van der Waals surface area contributed by atoms with E-state index in [1.807, 2.05) is 0 Å². The standard InChI is InChI=1S/C11H15ClFN3O3S/c1-2-3-9(11(14)15-17)16-20(18,19)10-6-7(13)4-5-8(10)12/h4-6,9,16-17H,2-3H2,1H3,(H2,14,15). The molecule has 1 rings (SSSR count). The van der Waals surface area contributed by atoms with Gasteiger partial charge in [0.25, 0.3) is 0 Å². The molecule has 0 spiro atoms. The monoisotopic (exact) mass is 323 g/mol. The molecule has 0 bridgehead atoms. The number of nitrogens with zero attached hydrogens (tertiary/aromatic N) is 1. The van der Waals surface area contributed by atoms with Crippen LogP contribution in [0.5, 0.6) is 0 Å². The number of sulfonamides is 1. The van der Waals surface area contributed by atoms with E-state index in [-0.39, 0.29) is 10.9 Å². The third-order valence-corrected chi connectivity index (χ3v) is 4.48. The van der Waals surface area contributed by atoms with E-state index in [1.165, 1.54) is 0 Å². The van der Waals surface area contributed by atoms with Crippen molar-refractivity contribution in [3.05, 3.63) is 29.0 Å². The normalized spacial score (nSPS) is 14.2. The second-order valence-corrected chi connectivity index (χ2v) is 6.15. The van der Waals surface area contributed by atoms with Gasteiger partial charge in [-0.1, -0.05) is 30.1 Å². The molecule has 0 saturated heterocycles. The Hall–Kier alpha value is -1.38. The summed E-state index contributed by atoms with van der Waals surface area (Å²) in [6.07, 6.45) is 0.919. The lowest BCUT2D eigenvalue weighted by Gasteiger charge is -2.17. The largest absolute Gasteiger partial charge is 0.409 e. The third kappa shape index (κ3) is 4.06. The summed E-state index contributed by atoms with van der Waals surface area (Å²) in [5.41, 5.74) is 5.42. The second kappa shape index (κ2) is 6.87. The first-order valence-corrected chi connectivity index (χ1v) is 7.62. The van der Waals surface area contributed by atoms with E-state index < -0.39 is 26.8 Å². The van der Waals surface area contributed by atoms with Crippen LogP contribution in [0.3, 0.4) is 0 Å². The molecule has 1 unspecified atom stereocenters. The van der Waals surface area contributed by atoms with Crippen molar-refractivity contribution in [1.29, 1.82) is 0 Å². The summed E-state index contributed by atoms with van der Waals surface area (Å²) in [6, 6.07) is 2.10. The van der Waals surface area contributed by atoms with E-state index >= 15 is 0 Å². The number of benzene rings is 1. The van der Waals surface area contributed by atoms with E-state index in [0.717, 1.165) is 18.2 Å². The number of oxime groups is 1. The number of hydrogen-bond acceptors (Lipinski definition) is 4. The van der Waals surface area contributed by atoms with Gasteiger partial charge < -0.3 is 10.9 Å². The lowest BCUT2D eigenvalue weighted by atomic mass is 10.2. The molecule has 20 heavy (non-hydrogen) atoms. The Morgan fingerprint density at radius 3 is 2.80 bits per heavy atom. The van der Waals surface area contributed by atoms with Crippen LogP contribution in [0, 0.1) is 5.82 Å². The molecule has 0 aliphatic rings. The fraction of sp³-hybridized carbons (Fsp3) is 0.364. The maximum atomic E-state index is 13.1. The summed E-state index contributed by atoms with van der Waals surface area (Å²) in [4.78, 5) is -0.397. The second-order valence-electron chi connectivity index (χ2n) is 4.06. The topological polar surface area (TPSA) is 105 Å². The van der Waals surface area contributed by atoms with Crippen LogP contribution in [0.4, 0.5) is 4.39 Å². The first kappa shape index (κ1) is 16.7. The van der Waals surface area contributed by atoms with Gasteiger partial charge in [0.2, 0.25) is 10.0 Å². The Bertz CT molecular complexity index is 607. The Balaban J connectivity index is 3.13. The molecule has 1 aromatic carbocycles. The SMILES string of the molecule is CCCC(NS(=O)(=O)c1cc(F)ccc1Cl)/C(N)=N/O. The van der Waals surface area contributed by atoms with Crippen LogP contribution in [-0.4, -0.2) is 25.5 Å². The van der Waals surface area contributed by atoms with Gasteiger partial charge in [-0.15, -0.1) is 0 Å². The number of nitrogens with one attached hydrogen (secondary N) is 1. The van der Waals surface area contributed by atoms with Gasteiger partial charge in [0.15, 0.2) is 5.84 Å². The molecule has 0 amide bonds. The molecule has 112 valence electrons. The minimum Gasteiger partial charge on any atom is -0.409 e. The highest BCUT2D eigenvalue weighted by Gasteiger charge is 2.25. The number of amidine groups is 1. The molecule has 0 aliphatic carbocycles. The van der Waals surface area contributed by atoms with Crippen molar-refractivity contribution in [2.24, 2.45) is 10.9 Å². The Morgan fingerprint density at radius 2 is 2.25 bits per heavy atom. The molecule has 0 aliphatic heterocycles. The molecule has 6 nitrogen and oxygen atoms in total. The fourth-order valence-electron chi connectivity index (χ4n) is 1.56. The molecular formula is C11H15ClFN3O3S. The highest BCUT2D eigenvalue weighted by atomic mass is 35.5. The van der Waals surface area contributed by atoms with Crippen molar-refractivity contribution < 1.29 is 18.0 Å². The van der Waals surface area contributed by atoms with Crippen molar-refractivity contribution in [3.8, 4) is 0 Å². The smallest absolute Gasteiger partial charge is 0.242 e. The number of rotatable bonds is 6. The zero-order valence-corrected chi connectivity index (χ0v) is 12.2. The van der Waals surface area contributed by atoms with E-state index in [9.17, 15) is 12.8 Å². The molecule has 0 saturated carbocycles. The van der Waals surface area contributed by atoms with Crippen molar-refractivity contribution >= 4 is 27.5 Å². The molecular weight excluding hydrogens is 309 g/mol. The molecule has 9 heteroatoms. The highest BCUT2D eigenvalue weighted by Crippen LogP contribution is 2.22. The van der Waals surface area contributed by atoms with Crippen LogP contribution in [0.1, 0.15) is 19.8 Å². The summed E-state index contributed by atoms with van der Waals surface area (Å²) in [5.74, 6) is -1.01. The van der Waals surface area contributed by atoms with Gasteiger partial charge in [-0.2, -0.15) is 0 Å². The lowest BCUT2D eigenvalue weighted by Crippen LogP contribution is -2.44. The average molecular weight is 324 g/mol. The van der Waals surface area contributed by atoms with Gasteiger partial charge in [-0.25, -0.2) is 17.5 Å². The molecule has 1 aromatic rings. The number of halogens is 2. The fourth-order valence-corrected chi connectivity index (χ4v) is 3.31. The van der Waals surface area contributed by atoms with Crippen LogP contribution in [0.25, 0.3) is 0 Å². The average Bonchev–Trinajstić information content (AvgIpc) is 2.39. The molecule has 0 fully saturated rings. The van der Waals surface area contributed by atoms with E-state index in [1.54, 1.807) is 6.92 Å². The molecule has 1 atom stereocenters. The molecule has 0 radical (unpaired) electrons. The molecule has 0 aromatic heterocycles. The van der Waals surface area contributed by atoms with Gasteiger partial charge in [-0.05, 0) is 24.6 Å². The van der Waals surface area contributed by atoms with Gasteiger partial charge in [0.1, 0.15) is 10.7 Å². The number of nitrogens with two attached hydrogens (primary N) is 1. The van der Waals surface area contributed by atoms with E-state index in [4.69, 9.17) is 22.5 Å². The number of hydrogen-bond donors (Lipinski definition) is 3. The summed E-state index contributed by atoms with van der Waals surface area (Å²) in [6.45, 7) is 1.81. The van der Waals surface area contributed by atoms with Crippen molar-refractivity contribution in [2.75, 3.05) is 0 Å². The summed E-state index contributed by atoms with van der Waals surface area (Å²) in [7, 11) is -4.08. The zero-order chi connectivity index (χ0) is 15.3. The van der Waals surface area contributed by atoms with Crippen LogP contribution in [-0.2, 0) is 10.0 Å². The summed E-state index contributed by atoms with van der Waals surface area (Å²) in [5, 5.41) is 11.3. The minimum atomic E-state index is -4.08. The lowest BCUT2D eigenvalue weighted by molar-refractivity contribution is 0.315. The van der Waals surface area contributed by atoms with Gasteiger partial charge in [0, 0.05) is 0 Å². The minimum absolute atomic E-state index is 0.117. The van der Waals surface area contributed by atoms with Gasteiger partial charge in [-0.3, -0.25) is 0 Å². The first-order valence-electron chi connectivity index (χ1n) is 5.76. The zero-order valence-electron chi connectivity index (χ0n) is 10.7. The van der Waals surface area contributed by atoms with Crippen molar-refractivity contribution in [2.45, 2.75) is 30.7 Å². The van der Waals surface area contributed by atoms with Gasteiger partial charge >= 0.3 is 0 Å². The Kier molecular flexibility index (Phi) is 5.73. The van der Waals surface area contributed by atoms with Gasteiger partial charge in [0.05, 0.1) is 11.1 Å². The molecule has 4 N–H and O–H groups in total. The maximum absolute atomic E-state index is 13.1. The predicted octanol–water partition coefficient (Wildman–Crippen LogP) is 1.67. The van der Waals surface area contributed by atoms with Crippen LogP contribution < -0.4 is 10.5 Å². The first-order chi connectivity index (χ1) is 9.31. The summed E-state index contributed by atoms with van der Waals surface area (Å²) < 4.78 is 39.7. The summed E-state index contributed by atoms with van der Waals surface area (Å²) >= 11 is 5.76. The Morgan fingerprint density at radius 1 is 1.60 bits per heavy atom. The molecule has 0 heterocycles. The van der Waals surface area contributed by atoms with Crippen LogP contribution in [0.15, 0.2) is 28.3 Å².